The number of likely N-dealkylation sites (tertiary alicyclic amines) is 1. The van der Waals surface area contributed by atoms with Crippen molar-refractivity contribution in [3.8, 4) is 0 Å². The van der Waals surface area contributed by atoms with Gasteiger partial charge in [-0.05, 0) is 99.0 Å². The highest BCUT2D eigenvalue weighted by Crippen LogP contribution is 2.48. The molecule has 4 aliphatic rings. The summed E-state index contributed by atoms with van der Waals surface area (Å²) in [5, 5.41) is 16.3. The minimum absolute atomic E-state index is 0.0893. The zero-order valence-electron chi connectivity index (χ0n) is 20.9. The second-order valence-corrected chi connectivity index (χ2v) is 11.8. The Morgan fingerprint density at radius 1 is 1.14 bits per heavy atom. The van der Waals surface area contributed by atoms with Crippen LogP contribution in [0.2, 0.25) is 5.02 Å². The van der Waals surface area contributed by atoms with Crippen LogP contribution < -0.4 is 5.32 Å². The molecule has 4 unspecified atom stereocenters. The molecule has 1 aromatic heterocycles. The number of amides is 1. The van der Waals surface area contributed by atoms with Gasteiger partial charge in [-0.2, -0.15) is 0 Å². The van der Waals surface area contributed by atoms with Crippen LogP contribution in [0.3, 0.4) is 0 Å². The average Bonchev–Trinajstić information content (AvgIpc) is 3.63. The van der Waals surface area contributed by atoms with E-state index in [4.69, 9.17) is 21.1 Å². The molecule has 2 aromatic rings. The van der Waals surface area contributed by atoms with E-state index in [1.807, 2.05) is 12.1 Å². The van der Waals surface area contributed by atoms with Gasteiger partial charge in [-0.3, -0.25) is 9.69 Å². The number of pyridine rings is 1. The molecule has 2 N–H and O–H groups in total. The van der Waals surface area contributed by atoms with Crippen LogP contribution in [-0.2, 0) is 14.3 Å². The molecule has 1 aromatic carbocycles. The average molecular weight is 514 g/mol. The monoisotopic (exact) mass is 513 g/mol. The number of ether oxygens (including phenoxy) is 2. The van der Waals surface area contributed by atoms with Gasteiger partial charge in [0.15, 0.2) is 0 Å². The van der Waals surface area contributed by atoms with E-state index in [1.165, 1.54) is 0 Å². The number of piperidine rings is 1. The Balaban J connectivity index is 1.13. The van der Waals surface area contributed by atoms with Crippen LogP contribution in [0.5, 0.6) is 0 Å². The maximum absolute atomic E-state index is 12.9. The predicted molar refractivity (Wildman–Crippen MR) is 139 cm³/mol. The zero-order valence-corrected chi connectivity index (χ0v) is 21.7. The lowest BCUT2D eigenvalue weighted by Crippen LogP contribution is -2.56. The second kappa shape index (κ2) is 9.84. The Morgan fingerprint density at radius 3 is 2.64 bits per heavy atom. The van der Waals surface area contributed by atoms with Crippen molar-refractivity contribution in [3.63, 3.8) is 0 Å². The number of fused-ring (bicyclic) bond motifs is 1. The van der Waals surface area contributed by atoms with Crippen LogP contribution in [0.1, 0.15) is 50.5 Å². The van der Waals surface area contributed by atoms with Gasteiger partial charge in [0.05, 0.1) is 24.9 Å². The van der Waals surface area contributed by atoms with E-state index < -0.39 is 6.10 Å². The highest BCUT2D eigenvalue weighted by molar-refractivity contribution is 6.32. The lowest BCUT2D eigenvalue weighted by atomic mass is 9.85. The number of aliphatic hydroxyl groups is 1. The summed E-state index contributed by atoms with van der Waals surface area (Å²) in [7, 11) is 0. The second-order valence-electron chi connectivity index (χ2n) is 11.4. The molecular weight excluding hydrogens is 478 g/mol. The molecule has 4 heterocycles. The number of nitrogens with zero attached hydrogens (tertiary/aromatic N) is 2. The van der Waals surface area contributed by atoms with Gasteiger partial charge in [-0.15, -0.1) is 0 Å². The number of hydrogen-bond acceptors (Lipinski definition) is 6. The molecule has 0 bridgehead atoms. The van der Waals surface area contributed by atoms with Gasteiger partial charge in [0.1, 0.15) is 5.82 Å². The molecule has 7 nitrogen and oxygen atoms in total. The number of nitrogens with one attached hydrogen (secondary N) is 1. The van der Waals surface area contributed by atoms with E-state index in [0.29, 0.717) is 36.8 Å². The van der Waals surface area contributed by atoms with Crippen molar-refractivity contribution in [1.29, 1.82) is 0 Å². The van der Waals surface area contributed by atoms with Gasteiger partial charge in [-0.25, -0.2) is 4.98 Å². The lowest BCUT2D eigenvalue weighted by molar-refractivity contribution is -0.117. The molecular formula is C28H36ClN3O4. The summed E-state index contributed by atoms with van der Waals surface area (Å²) in [5.74, 6) is 2.26. The first-order chi connectivity index (χ1) is 17.4. The maximum Gasteiger partial charge on any atom is 0.228 e. The normalized spacial score (nSPS) is 32.1. The highest BCUT2D eigenvalue weighted by Gasteiger charge is 2.48. The van der Waals surface area contributed by atoms with Crippen LogP contribution >= 0.6 is 11.6 Å². The van der Waals surface area contributed by atoms with Gasteiger partial charge in [0, 0.05) is 35.7 Å². The van der Waals surface area contributed by atoms with Gasteiger partial charge < -0.3 is 19.9 Å². The Kier molecular flexibility index (Phi) is 6.71. The van der Waals surface area contributed by atoms with Crippen molar-refractivity contribution in [2.24, 2.45) is 17.8 Å². The number of hydrogen-bond donors (Lipinski definition) is 2. The third-order valence-corrected chi connectivity index (χ3v) is 9.51. The van der Waals surface area contributed by atoms with E-state index in [-0.39, 0.29) is 17.4 Å². The number of benzene rings is 1. The molecule has 36 heavy (non-hydrogen) atoms. The first-order valence-electron chi connectivity index (χ1n) is 13.4. The molecule has 0 spiro atoms. The third kappa shape index (κ3) is 4.65. The molecule has 3 saturated heterocycles. The molecule has 4 atom stereocenters. The van der Waals surface area contributed by atoms with E-state index >= 15 is 0 Å². The number of aliphatic hydroxyl groups excluding tert-OH is 1. The Hall–Kier alpha value is -1.77. The Labute approximate surface area is 217 Å². The maximum atomic E-state index is 12.9. The predicted octanol–water partition coefficient (Wildman–Crippen LogP) is 4.22. The van der Waals surface area contributed by atoms with Gasteiger partial charge >= 0.3 is 0 Å². The zero-order chi connectivity index (χ0) is 24.9. The SMILES string of the molecule is CC1(N2CCC(c3cc4cc(NC(=O)C5CC5C5CCOCC5)ncc4cc3Cl)CC2)COCC1O. The number of carbonyl (C=O) groups excluding carboxylic acids is 1. The number of carbonyl (C=O) groups is 1. The summed E-state index contributed by atoms with van der Waals surface area (Å²) in [6, 6.07) is 6.14. The van der Waals surface area contributed by atoms with E-state index in [9.17, 15) is 9.90 Å². The van der Waals surface area contributed by atoms with Crippen LogP contribution in [0.25, 0.3) is 10.8 Å². The van der Waals surface area contributed by atoms with E-state index in [2.05, 4.69) is 28.2 Å². The molecule has 3 aliphatic heterocycles. The van der Waals surface area contributed by atoms with Crippen molar-refractivity contribution in [3.05, 3.63) is 35.0 Å². The summed E-state index contributed by atoms with van der Waals surface area (Å²) in [6.07, 6.45) is 6.44. The number of aromatic nitrogens is 1. The van der Waals surface area contributed by atoms with Crippen molar-refractivity contribution in [1.82, 2.24) is 9.88 Å². The molecule has 1 amide bonds. The van der Waals surface area contributed by atoms with Crippen molar-refractivity contribution in [2.75, 3.05) is 44.8 Å². The molecule has 8 heteroatoms. The third-order valence-electron chi connectivity index (χ3n) is 9.18. The molecule has 1 aliphatic carbocycles. The lowest BCUT2D eigenvalue weighted by Gasteiger charge is -2.43. The van der Waals surface area contributed by atoms with Crippen LogP contribution in [0, 0.1) is 17.8 Å². The fourth-order valence-corrected chi connectivity index (χ4v) is 6.95. The Bertz CT molecular complexity index is 1130. The van der Waals surface area contributed by atoms with E-state index in [0.717, 1.165) is 79.8 Å². The first kappa shape index (κ1) is 24.6. The minimum atomic E-state index is -0.443. The molecule has 0 radical (unpaired) electrons. The molecule has 4 fully saturated rings. The van der Waals surface area contributed by atoms with Crippen molar-refractivity contribution >= 4 is 34.1 Å². The quantitative estimate of drug-likeness (QED) is 0.623. The first-order valence-corrected chi connectivity index (χ1v) is 13.8. The fraction of sp³-hybridized carbons (Fsp3) is 0.643. The van der Waals surface area contributed by atoms with Crippen LogP contribution in [0.15, 0.2) is 24.4 Å². The van der Waals surface area contributed by atoms with Crippen molar-refractivity contribution in [2.45, 2.75) is 56.6 Å². The number of anilines is 1. The van der Waals surface area contributed by atoms with Gasteiger partial charge in [0.2, 0.25) is 5.91 Å². The minimum Gasteiger partial charge on any atom is -0.389 e. The van der Waals surface area contributed by atoms with Gasteiger partial charge in [-0.1, -0.05) is 11.6 Å². The van der Waals surface area contributed by atoms with Crippen molar-refractivity contribution < 1.29 is 19.4 Å². The van der Waals surface area contributed by atoms with Crippen LogP contribution in [-0.4, -0.2) is 72.1 Å². The topological polar surface area (TPSA) is 83.9 Å². The fourth-order valence-electron chi connectivity index (χ4n) is 6.62. The smallest absolute Gasteiger partial charge is 0.228 e. The summed E-state index contributed by atoms with van der Waals surface area (Å²) in [4.78, 5) is 19.8. The highest BCUT2D eigenvalue weighted by atomic mass is 35.5. The van der Waals surface area contributed by atoms with Gasteiger partial charge in [0.25, 0.3) is 0 Å². The Morgan fingerprint density at radius 2 is 1.92 bits per heavy atom. The number of rotatable bonds is 5. The summed E-state index contributed by atoms with van der Waals surface area (Å²) >= 11 is 6.73. The molecule has 6 rings (SSSR count). The molecule has 194 valence electrons. The molecule has 1 saturated carbocycles. The summed E-state index contributed by atoms with van der Waals surface area (Å²) < 4.78 is 11.0. The number of halogens is 1. The van der Waals surface area contributed by atoms with Crippen LogP contribution in [0.4, 0.5) is 5.82 Å². The summed E-state index contributed by atoms with van der Waals surface area (Å²) in [5.41, 5.74) is 0.852. The standard InChI is InChI=1S/C28H36ClN3O4/c1-28(16-36-15-25(28)33)32-6-2-17(3-7-32)22-10-19-12-26(30-14-20(19)11-24(22)29)31-27(34)23-13-21(23)18-4-8-35-9-5-18/h10-12,14,17-18,21,23,25,33H,2-9,13,15-16H2,1H3,(H,30,31,34). The van der Waals surface area contributed by atoms with E-state index in [1.54, 1.807) is 6.20 Å². The summed E-state index contributed by atoms with van der Waals surface area (Å²) in [6.45, 7) is 6.55. The largest absolute Gasteiger partial charge is 0.389 e.